The van der Waals surface area contributed by atoms with Crippen LogP contribution >= 0.6 is 0 Å². The Bertz CT molecular complexity index is 1270. The lowest BCUT2D eigenvalue weighted by molar-refractivity contribution is 0.100. The van der Waals surface area contributed by atoms with Crippen molar-refractivity contribution >= 4 is 32.5 Å². The number of methoxy groups -OCH3 is 1. The first kappa shape index (κ1) is 22.1. The van der Waals surface area contributed by atoms with E-state index in [1.807, 2.05) is 19.1 Å². The van der Waals surface area contributed by atoms with Gasteiger partial charge in [-0.15, -0.1) is 0 Å². The average Bonchev–Trinajstić information content (AvgIpc) is 3.26. The molecule has 0 unspecified atom stereocenters. The standard InChI is InChI=1S/C24H26N2O5S/c1-16-8-9-17-14-19(11-12-21(17)25-16)26(32(3,28)29)24(27)18-10-13-22(30-2)23(15-18)31-20-6-4-5-7-20/h8-15,20H,4-7H2,1-3H3. The summed E-state index contributed by atoms with van der Waals surface area (Å²) in [5.74, 6) is 0.286. The molecule has 168 valence electrons. The lowest BCUT2D eigenvalue weighted by atomic mass is 10.1. The number of benzene rings is 2. The van der Waals surface area contributed by atoms with Gasteiger partial charge in [0.05, 0.1) is 30.7 Å². The Morgan fingerprint density at radius 1 is 1.03 bits per heavy atom. The molecule has 0 saturated heterocycles. The van der Waals surface area contributed by atoms with Gasteiger partial charge in [0.25, 0.3) is 5.91 Å². The number of aryl methyl sites for hydroxylation is 1. The van der Waals surface area contributed by atoms with E-state index in [9.17, 15) is 13.2 Å². The van der Waals surface area contributed by atoms with Crippen molar-refractivity contribution in [3.63, 3.8) is 0 Å². The third-order valence-corrected chi connectivity index (χ3v) is 6.61. The molecular formula is C24H26N2O5S. The lowest BCUT2D eigenvalue weighted by Gasteiger charge is -2.22. The Labute approximate surface area is 188 Å². The van der Waals surface area contributed by atoms with Crippen molar-refractivity contribution < 1.29 is 22.7 Å². The van der Waals surface area contributed by atoms with E-state index in [1.165, 1.54) is 7.11 Å². The van der Waals surface area contributed by atoms with Crippen LogP contribution in [0.4, 0.5) is 5.69 Å². The fourth-order valence-electron chi connectivity index (χ4n) is 4.01. The van der Waals surface area contributed by atoms with Crippen LogP contribution in [0.25, 0.3) is 10.9 Å². The molecule has 3 aromatic rings. The van der Waals surface area contributed by atoms with Crippen molar-refractivity contribution in [3.8, 4) is 11.5 Å². The van der Waals surface area contributed by atoms with Gasteiger partial charge in [0, 0.05) is 16.6 Å². The van der Waals surface area contributed by atoms with E-state index in [0.29, 0.717) is 11.5 Å². The normalized spacial score (nSPS) is 14.5. The number of hydrogen-bond donors (Lipinski definition) is 0. The molecule has 1 fully saturated rings. The average molecular weight is 455 g/mol. The fraction of sp³-hybridized carbons (Fsp3) is 0.333. The maximum Gasteiger partial charge on any atom is 0.272 e. The number of carbonyl (C=O) groups is 1. The van der Waals surface area contributed by atoms with Crippen molar-refractivity contribution in [2.24, 2.45) is 0 Å². The minimum absolute atomic E-state index is 0.0664. The second-order valence-corrected chi connectivity index (χ2v) is 9.88. The number of amides is 1. The number of aromatic nitrogens is 1. The highest BCUT2D eigenvalue weighted by molar-refractivity contribution is 7.92. The van der Waals surface area contributed by atoms with Gasteiger partial charge >= 0.3 is 0 Å². The van der Waals surface area contributed by atoms with E-state index in [4.69, 9.17) is 9.47 Å². The SMILES string of the molecule is COc1ccc(C(=O)N(c2ccc3nc(C)ccc3c2)S(C)(=O)=O)cc1OC1CCCC1. The first-order valence-corrected chi connectivity index (χ1v) is 12.4. The smallest absolute Gasteiger partial charge is 0.272 e. The second kappa shape index (κ2) is 8.78. The predicted molar refractivity (Wildman–Crippen MR) is 124 cm³/mol. The Balaban J connectivity index is 1.73. The number of carbonyl (C=O) groups excluding carboxylic acids is 1. The van der Waals surface area contributed by atoms with Gasteiger partial charge in [0.2, 0.25) is 10.0 Å². The molecule has 8 heteroatoms. The first-order chi connectivity index (χ1) is 15.3. The van der Waals surface area contributed by atoms with Crippen LogP contribution < -0.4 is 13.8 Å². The summed E-state index contributed by atoms with van der Waals surface area (Å²) in [6.45, 7) is 1.88. The third kappa shape index (κ3) is 4.55. The molecule has 1 aromatic heterocycles. The maximum absolute atomic E-state index is 13.4. The summed E-state index contributed by atoms with van der Waals surface area (Å²) in [4.78, 5) is 17.8. The van der Waals surface area contributed by atoms with Crippen LogP contribution in [0.1, 0.15) is 41.7 Å². The number of sulfonamides is 1. The monoisotopic (exact) mass is 454 g/mol. The van der Waals surface area contributed by atoms with Gasteiger partial charge in [0.15, 0.2) is 11.5 Å². The van der Waals surface area contributed by atoms with E-state index in [-0.39, 0.29) is 17.4 Å². The number of fused-ring (bicyclic) bond motifs is 1. The van der Waals surface area contributed by atoms with Gasteiger partial charge in [-0.3, -0.25) is 9.78 Å². The van der Waals surface area contributed by atoms with Crippen LogP contribution in [0.15, 0.2) is 48.5 Å². The molecule has 0 spiro atoms. The Morgan fingerprint density at radius 3 is 2.47 bits per heavy atom. The highest BCUT2D eigenvalue weighted by Gasteiger charge is 2.28. The lowest BCUT2D eigenvalue weighted by Crippen LogP contribution is -2.36. The summed E-state index contributed by atoms with van der Waals surface area (Å²) < 4.78 is 37.6. The molecule has 0 atom stereocenters. The summed E-state index contributed by atoms with van der Waals surface area (Å²) in [6.07, 6.45) is 5.18. The van der Waals surface area contributed by atoms with Crippen molar-refractivity contribution in [2.45, 2.75) is 38.7 Å². The Kier molecular flexibility index (Phi) is 6.06. The fourth-order valence-corrected chi connectivity index (χ4v) is 4.91. The zero-order valence-electron chi connectivity index (χ0n) is 18.4. The van der Waals surface area contributed by atoms with Gasteiger partial charge < -0.3 is 9.47 Å². The van der Waals surface area contributed by atoms with Crippen LogP contribution in [0.5, 0.6) is 11.5 Å². The zero-order valence-corrected chi connectivity index (χ0v) is 19.2. The number of nitrogens with zero attached hydrogens (tertiary/aromatic N) is 2. The van der Waals surface area contributed by atoms with Gasteiger partial charge in [-0.1, -0.05) is 6.07 Å². The second-order valence-electron chi connectivity index (χ2n) is 8.05. The maximum atomic E-state index is 13.4. The molecule has 2 aromatic carbocycles. The van der Waals surface area contributed by atoms with Crippen molar-refractivity contribution in [2.75, 3.05) is 17.7 Å². The first-order valence-electron chi connectivity index (χ1n) is 10.5. The number of ether oxygens (including phenoxy) is 2. The number of hydrogen-bond acceptors (Lipinski definition) is 6. The number of rotatable bonds is 6. The molecule has 0 aliphatic heterocycles. The molecule has 1 amide bonds. The third-order valence-electron chi connectivity index (χ3n) is 5.57. The van der Waals surface area contributed by atoms with E-state index in [0.717, 1.165) is 52.8 Å². The van der Waals surface area contributed by atoms with E-state index < -0.39 is 15.9 Å². The quantitative estimate of drug-likeness (QED) is 0.546. The van der Waals surface area contributed by atoms with Crippen molar-refractivity contribution in [3.05, 3.63) is 59.8 Å². The van der Waals surface area contributed by atoms with E-state index in [1.54, 1.807) is 36.4 Å². The summed E-state index contributed by atoms with van der Waals surface area (Å²) in [5.41, 5.74) is 2.04. The van der Waals surface area contributed by atoms with E-state index in [2.05, 4.69) is 4.98 Å². The summed E-state index contributed by atoms with van der Waals surface area (Å²) >= 11 is 0. The van der Waals surface area contributed by atoms with E-state index >= 15 is 0 Å². The summed E-state index contributed by atoms with van der Waals surface area (Å²) in [5, 5.41) is 0.745. The highest BCUT2D eigenvalue weighted by Crippen LogP contribution is 2.34. The molecule has 0 N–H and O–H groups in total. The molecule has 1 aliphatic carbocycles. The number of anilines is 1. The van der Waals surface area contributed by atoms with Crippen LogP contribution in [0, 0.1) is 6.92 Å². The molecule has 0 bridgehead atoms. The van der Waals surface area contributed by atoms with Gasteiger partial charge in [-0.25, -0.2) is 12.7 Å². The van der Waals surface area contributed by atoms with Crippen LogP contribution in [-0.4, -0.2) is 38.8 Å². The molecule has 32 heavy (non-hydrogen) atoms. The number of pyridine rings is 1. The largest absolute Gasteiger partial charge is 0.493 e. The minimum atomic E-state index is -3.90. The topological polar surface area (TPSA) is 85.8 Å². The molecule has 1 heterocycles. The molecule has 0 radical (unpaired) electrons. The Morgan fingerprint density at radius 2 is 1.78 bits per heavy atom. The molecule has 1 saturated carbocycles. The van der Waals surface area contributed by atoms with Gasteiger partial charge in [-0.05, 0) is 75.1 Å². The molecular weight excluding hydrogens is 428 g/mol. The Hall–Kier alpha value is -3.13. The summed E-state index contributed by atoms with van der Waals surface area (Å²) in [7, 11) is -2.37. The van der Waals surface area contributed by atoms with Gasteiger partial charge in [-0.2, -0.15) is 0 Å². The van der Waals surface area contributed by atoms with Crippen LogP contribution in [-0.2, 0) is 10.0 Å². The van der Waals surface area contributed by atoms with Crippen LogP contribution in [0.3, 0.4) is 0 Å². The zero-order chi connectivity index (χ0) is 22.9. The van der Waals surface area contributed by atoms with Crippen molar-refractivity contribution in [1.82, 2.24) is 4.98 Å². The molecule has 4 rings (SSSR count). The minimum Gasteiger partial charge on any atom is -0.493 e. The van der Waals surface area contributed by atoms with Crippen molar-refractivity contribution in [1.29, 1.82) is 0 Å². The highest BCUT2D eigenvalue weighted by atomic mass is 32.2. The van der Waals surface area contributed by atoms with Crippen LogP contribution in [0.2, 0.25) is 0 Å². The summed E-state index contributed by atoms with van der Waals surface area (Å²) in [6, 6.07) is 13.4. The predicted octanol–water partition coefficient (Wildman–Crippen LogP) is 4.48. The van der Waals surface area contributed by atoms with Gasteiger partial charge in [0.1, 0.15) is 0 Å². The molecule has 7 nitrogen and oxygen atoms in total. The molecule has 1 aliphatic rings.